The van der Waals surface area contributed by atoms with Gasteiger partial charge in [0, 0.05) is 0 Å². The Morgan fingerprint density at radius 2 is 1.56 bits per heavy atom. The van der Waals surface area contributed by atoms with Crippen LogP contribution in [0.15, 0.2) is 42.5 Å². The van der Waals surface area contributed by atoms with E-state index in [4.69, 9.17) is 10.5 Å². The van der Waals surface area contributed by atoms with Gasteiger partial charge in [0.05, 0.1) is 30.9 Å². The predicted molar refractivity (Wildman–Crippen MR) is 120 cm³/mol. The molecule has 1 aliphatic rings. The average molecular weight is 474 g/mol. The lowest BCUT2D eigenvalue weighted by atomic mass is 9.93. The number of halogens is 4. The average Bonchev–Trinajstić information content (AvgIpc) is 3.61. The van der Waals surface area contributed by atoms with E-state index < -0.39 is 30.5 Å². The first-order chi connectivity index (χ1) is 14.7. The summed E-state index contributed by atoms with van der Waals surface area (Å²) < 4.78 is 46.1. The van der Waals surface area contributed by atoms with Crippen molar-refractivity contribution in [3.8, 4) is 5.75 Å². The molecule has 0 radical (unpaired) electrons. The van der Waals surface area contributed by atoms with Crippen molar-refractivity contribution in [3.63, 3.8) is 0 Å². The van der Waals surface area contributed by atoms with Crippen LogP contribution in [0.4, 0.5) is 13.2 Å². The van der Waals surface area contributed by atoms with Crippen molar-refractivity contribution in [3.05, 3.63) is 64.7 Å². The van der Waals surface area contributed by atoms with Crippen LogP contribution < -0.4 is 10.5 Å². The Morgan fingerprint density at radius 1 is 0.938 bits per heavy atom. The van der Waals surface area contributed by atoms with E-state index in [1.54, 1.807) is 6.07 Å². The fourth-order valence-corrected chi connectivity index (χ4v) is 3.51. The summed E-state index contributed by atoms with van der Waals surface area (Å²) in [5.74, 6) is 0.512. The second-order valence-electron chi connectivity index (χ2n) is 8.47. The number of aryl methyl sites for hydroxylation is 2. The Balaban J connectivity index is 0.00000363. The van der Waals surface area contributed by atoms with Gasteiger partial charge >= 0.3 is 6.18 Å². The Bertz CT molecular complexity index is 851. The van der Waals surface area contributed by atoms with Crippen LogP contribution in [0.2, 0.25) is 0 Å². The monoisotopic (exact) mass is 473 g/mol. The first-order valence-electron chi connectivity index (χ1n) is 10.7. The Morgan fingerprint density at radius 3 is 2.12 bits per heavy atom. The van der Waals surface area contributed by atoms with Gasteiger partial charge in [-0.1, -0.05) is 30.3 Å². The molecule has 2 aromatic carbocycles. The smallest absolute Gasteiger partial charge is 0.419 e. The van der Waals surface area contributed by atoms with Gasteiger partial charge in [0.2, 0.25) is 0 Å². The van der Waals surface area contributed by atoms with E-state index in [1.807, 2.05) is 0 Å². The fraction of sp³-hybridized carbons (Fsp3) is 0.500. The minimum Gasteiger partial charge on any atom is -0.493 e. The maximum absolute atomic E-state index is 13.5. The van der Waals surface area contributed by atoms with E-state index in [9.17, 15) is 23.4 Å². The van der Waals surface area contributed by atoms with Gasteiger partial charge in [0.25, 0.3) is 0 Å². The van der Waals surface area contributed by atoms with E-state index >= 15 is 0 Å². The van der Waals surface area contributed by atoms with Crippen molar-refractivity contribution < 1.29 is 28.1 Å². The highest BCUT2D eigenvalue weighted by molar-refractivity contribution is 5.85. The minimum absolute atomic E-state index is 0. The number of rotatable bonds is 11. The molecule has 32 heavy (non-hydrogen) atoms. The number of aliphatic hydroxyl groups is 2. The Labute approximate surface area is 193 Å². The van der Waals surface area contributed by atoms with Crippen LogP contribution in [-0.2, 0) is 19.0 Å². The van der Waals surface area contributed by atoms with Crippen molar-refractivity contribution in [2.24, 2.45) is 5.73 Å². The maximum Gasteiger partial charge on any atom is 0.419 e. The minimum atomic E-state index is -4.54. The zero-order valence-corrected chi connectivity index (χ0v) is 18.7. The lowest BCUT2D eigenvalue weighted by molar-refractivity contribution is -0.139. The van der Waals surface area contributed by atoms with Crippen LogP contribution in [0.25, 0.3) is 0 Å². The molecule has 4 N–H and O–H groups in total. The van der Waals surface area contributed by atoms with Crippen molar-refractivity contribution >= 4 is 12.4 Å². The molecule has 0 amide bonds. The molecule has 0 aliphatic heterocycles. The number of hydrogen-bond acceptors (Lipinski definition) is 4. The Hall–Kier alpha value is -1.80. The molecule has 8 heteroatoms. The highest BCUT2D eigenvalue weighted by Gasteiger charge is 2.35. The molecule has 0 saturated heterocycles. The van der Waals surface area contributed by atoms with Gasteiger partial charge in [0.15, 0.2) is 0 Å². The molecule has 4 nitrogen and oxygen atoms in total. The van der Waals surface area contributed by atoms with Crippen molar-refractivity contribution in [2.45, 2.75) is 56.2 Å². The molecular weight excluding hydrogens is 443 g/mol. The third-order valence-electron chi connectivity index (χ3n) is 5.79. The Kier molecular flexibility index (Phi) is 9.40. The molecule has 0 aromatic heterocycles. The quantitative estimate of drug-likeness (QED) is 0.416. The second-order valence-corrected chi connectivity index (χ2v) is 8.47. The van der Waals surface area contributed by atoms with E-state index in [2.05, 4.69) is 24.3 Å². The lowest BCUT2D eigenvalue weighted by Gasteiger charge is -2.24. The summed E-state index contributed by atoms with van der Waals surface area (Å²) in [4.78, 5) is 0. The SMILES string of the molecule is Cl.NC(CO)(CO)CCc1ccc(OCCCc2ccc(C3CC3)cc2)c(C(F)(F)F)c1. The van der Waals surface area contributed by atoms with Crippen molar-refractivity contribution in [1.29, 1.82) is 0 Å². The fourth-order valence-electron chi connectivity index (χ4n) is 3.51. The number of aliphatic hydroxyl groups excluding tert-OH is 2. The van der Waals surface area contributed by atoms with Crippen LogP contribution in [0.3, 0.4) is 0 Å². The summed E-state index contributed by atoms with van der Waals surface area (Å²) in [7, 11) is 0. The molecule has 178 valence electrons. The third-order valence-corrected chi connectivity index (χ3v) is 5.79. The van der Waals surface area contributed by atoms with E-state index in [0.29, 0.717) is 17.9 Å². The molecule has 0 atom stereocenters. The molecule has 2 aromatic rings. The first-order valence-corrected chi connectivity index (χ1v) is 10.7. The van der Waals surface area contributed by atoms with Gasteiger partial charge in [-0.25, -0.2) is 0 Å². The summed E-state index contributed by atoms with van der Waals surface area (Å²) in [6, 6.07) is 12.4. The summed E-state index contributed by atoms with van der Waals surface area (Å²) >= 11 is 0. The van der Waals surface area contributed by atoms with Crippen LogP contribution >= 0.6 is 12.4 Å². The topological polar surface area (TPSA) is 75.7 Å². The van der Waals surface area contributed by atoms with Gasteiger partial charge in [-0.3, -0.25) is 0 Å². The molecule has 3 rings (SSSR count). The summed E-state index contributed by atoms with van der Waals surface area (Å²) in [6.07, 6.45) is -0.310. The maximum atomic E-state index is 13.5. The molecule has 0 spiro atoms. The van der Waals surface area contributed by atoms with Gasteiger partial charge in [-0.15, -0.1) is 12.4 Å². The number of hydrogen-bond donors (Lipinski definition) is 3. The van der Waals surface area contributed by atoms with Crippen LogP contribution in [0.5, 0.6) is 5.75 Å². The number of ether oxygens (including phenoxy) is 1. The summed E-state index contributed by atoms with van der Waals surface area (Å²) in [5, 5.41) is 18.5. The molecule has 1 saturated carbocycles. The molecule has 1 fully saturated rings. The van der Waals surface area contributed by atoms with Crippen molar-refractivity contribution in [1.82, 2.24) is 0 Å². The van der Waals surface area contributed by atoms with Crippen LogP contribution in [-0.4, -0.2) is 35.6 Å². The number of alkyl halides is 3. The van der Waals surface area contributed by atoms with E-state index in [0.717, 1.165) is 18.1 Å². The van der Waals surface area contributed by atoms with Crippen molar-refractivity contribution in [2.75, 3.05) is 19.8 Å². The normalized spacial score (nSPS) is 14.2. The number of benzene rings is 2. The zero-order chi connectivity index (χ0) is 22.5. The first kappa shape index (κ1) is 26.5. The van der Waals surface area contributed by atoms with E-state index in [-0.39, 0.29) is 37.6 Å². The molecule has 0 heterocycles. The zero-order valence-electron chi connectivity index (χ0n) is 17.9. The van der Waals surface area contributed by atoms with Gasteiger partial charge < -0.3 is 20.7 Å². The third kappa shape index (κ3) is 7.37. The highest BCUT2D eigenvalue weighted by Crippen LogP contribution is 2.40. The largest absolute Gasteiger partial charge is 0.493 e. The molecule has 1 aliphatic carbocycles. The standard InChI is InChI=1S/C24H30F3NO3.ClH/c25-24(26,27)21-14-18(11-12-23(28,15-29)16-30)5-10-22(21)31-13-1-2-17-3-6-19(7-4-17)20-8-9-20;/h3-7,10,14,20,29-30H,1-2,8-9,11-13,15-16,28H2;1H. The lowest BCUT2D eigenvalue weighted by Crippen LogP contribution is -2.47. The van der Waals surface area contributed by atoms with Crippen LogP contribution in [0, 0.1) is 0 Å². The summed E-state index contributed by atoms with van der Waals surface area (Å²) in [6.45, 7) is -0.700. The van der Waals surface area contributed by atoms with Gasteiger partial charge in [0.1, 0.15) is 5.75 Å². The molecule has 0 bridgehead atoms. The molecular formula is C24H31ClF3NO3. The number of nitrogens with two attached hydrogens (primary N) is 1. The van der Waals surface area contributed by atoms with Gasteiger partial charge in [-0.2, -0.15) is 13.2 Å². The van der Waals surface area contributed by atoms with Crippen LogP contribution in [0.1, 0.15) is 53.9 Å². The van der Waals surface area contributed by atoms with Gasteiger partial charge in [-0.05, 0) is 73.3 Å². The second kappa shape index (κ2) is 11.4. The highest BCUT2D eigenvalue weighted by atomic mass is 35.5. The predicted octanol–water partition coefficient (Wildman–Crippen LogP) is 4.63. The summed E-state index contributed by atoms with van der Waals surface area (Å²) in [5.41, 5.74) is 6.70. The van der Waals surface area contributed by atoms with E-state index in [1.165, 1.54) is 24.5 Å². The molecule has 0 unspecified atom stereocenters.